The van der Waals surface area contributed by atoms with Crippen LogP contribution in [0.25, 0.3) is 11.0 Å². The molecule has 1 aromatic carbocycles. The Morgan fingerprint density at radius 1 is 1.39 bits per heavy atom. The summed E-state index contributed by atoms with van der Waals surface area (Å²) < 4.78 is 1.73. The SMILES string of the molecule is CC1CCN(CC(=O)NCCCn2c(=O)[nH]c3ccccc32)C1. The molecule has 0 aliphatic carbocycles. The third-order valence-electron chi connectivity index (χ3n) is 4.44. The molecule has 2 N–H and O–H groups in total. The molecule has 23 heavy (non-hydrogen) atoms. The Kier molecular flexibility index (Phi) is 4.81. The van der Waals surface area contributed by atoms with E-state index in [0.29, 0.717) is 25.6 Å². The molecule has 1 atom stereocenters. The van der Waals surface area contributed by atoms with E-state index in [1.54, 1.807) is 4.57 Å². The van der Waals surface area contributed by atoms with Gasteiger partial charge in [-0.2, -0.15) is 0 Å². The molecule has 0 saturated carbocycles. The average Bonchev–Trinajstić information content (AvgIpc) is 3.06. The summed E-state index contributed by atoms with van der Waals surface area (Å²) in [4.78, 5) is 28.9. The topological polar surface area (TPSA) is 70.1 Å². The Morgan fingerprint density at radius 3 is 3.00 bits per heavy atom. The number of benzene rings is 1. The van der Waals surface area contributed by atoms with E-state index < -0.39 is 0 Å². The second-order valence-electron chi connectivity index (χ2n) is 6.43. The Bertz CT molecular complexity index is 734. The van der Waals surface area contributed by atoms with E-state index in [4.69, 9.17) is 0 Å². The zero-order chi connectivity index (χ0) is 16.2. The standard InChI is InChI=1S/C17H24N4O2/c1-13-7-10-20(11-13)12-16(22)18-8-4-9-21-15-6-3-2-5-14(15)19-17(21)23/h2-3,5-6,13H,4,7-12H2,1H3,(H,18,22)(H,19,23). The van der Waals surface area contributed by atoms with E-state index in [1.165, 1.54) is 6.42 Å². The number of likely N-dealkylation sites (tertiary alicyclic amines) is 1. The molecule has 2 heterocycles. The van der Waals surface area contributed by atoms with Gasteiger partial charge in [-0.15, -0.1) is 0 Å². The highest BCUT2D eigenvalue weighted by Crippen LogP contribution is 2.14. The van der Waals surface area contributed by atoms with E-state index in [9.17, 15) is 9.59 Å². The van der Waals surface area contributed by atoms with Crippen molar-refractivity contribution >= 4 is 16.9 Å². The lowest BCUT2D eigenvalue weighted by atomic mass is 10.2. The first-order chi connectivity index (χ1) is 11.1. The first-order valence-corrected chi connectivity index (χ1v) is 8.30. The monoisotopic (exact) mass is 316 g/mol. The Labute approximate surface area is 135 Å². The number of aromatic amines is 1. The van der Waals surface area contributed by atoms with Crippen molar-refractivity contribution in [1.82, 2.24) is 19.8 Å². The van der Waals surface area contributed by atoms with E-state index in [-0.39, 0.29) is 11.6 Å². The summed E-state index contributed by atoms with van der Waals surface area (Å²) in [5, 5.41) is 2.95. The minimum absolute atomic E-state index is 0.0744. The van der Waals surface area contributed by atoms with Crippen LogP contribution < -0.4 is 11.0 Å². The van der Waals surface area contributed by atoms with Gasteiger partial charge < -0.3 is 10.3 Å². The molecule has 1 aromatic heterocycles. The summed E-state index contributed by atoms with van der Waals surface area (Å²) in [7, 11) is 0. The maximum atomic E-state index is 11.9. The lowest BCUT2D eigenvalue weighted by molar-refractivity contribution is -0.122. The third kappa shape index (κ3) is 3.82. The zero-order valence-electron chi connectivity index (χ0n) is 13.5. The van der Waals surface area contributed by atoms with Crippen LogP contribution >= 0.6 is 0 Å². The number of para-hydroxylation sites is 2. The molecule has 3 rings (SSSR count). The molecule has 1 fully saturated rings. The maximum Gasteiger partial charge on any atom is 0.326 e. The van der Waals surface area contributed by atoms with Crippen LogP contribution in [0.2, 0.25) is 0 Å². The number of H-pyrrole nitrogens is 1. The van der Waals surface area contributed by atoms with Crippen molar-refractivity contribution < 1.29 is 4.79 Å². The highest BCUT2D eigenvalue weighted by atomic mass is 16.2. The molecule has 1 aliphatic rings. The van der Waals surface area contributed by atoms with Gasteiger partial charge in [0, 0.05) is 19.6 Å². The smallest absolute Gasteiger partial charge is 0.326 e. The molecule has 1 aliphatic heterocycles. The number of aromatic nitrogens is 2. The summed E-state index contributed by atoms with van der Waals surface area (Å²) in [5.74, 6) is 0.766. The summed E-state index contributed by atoms with van der Waals surface area (Å²) >= 11 is 0. The summed E-state index contributed by atoms with van der Waals surface area (Å²) in [6, 6.07) is 7.65. The first-order valence-electron chi connectivity index (χ1n) is 8.30. The number of carbonyl (C=O) groups is 1. The predicted octanol–water partition coefficient (Wildman–Crippen LogP) is 1.18. The molecule has 6 heteroatoms. The average molecular weight is 316 g/mol. The normalized spacial score (nSPS) is 18.6. The Hall–Kier alpha value is -2.08. The highest BCUT2D eigenvalue weighted by molar-refractivity contribution is 5.78. The number of aryl methyl sites for hydroxylation is 1. The van der Waals surface area contributed by atoms with Crippen LogP contribution in [-0.4, -0.2) is 46.5 Å². The number of hydrogen-bond acceptors (Lipinski definition) is 3. The quantitative estimate of drug-likeness (QED) is 0.786. The largest absolute Gasteiger partial charge is 0.355 e. The van der Waals surface area contributed by atoms with Gasteiger partial charge in [0.25, 0.3) is 0 Å². The van der Waals surface area contributed by atoms with Gasteiger partial charge in [-0.05, 0) is 37.4 Å². The van der Waals surface area contributed by atoms with E-state index in [0.717, 1.165) is 30.5 Å². The van der Waals surface area contributed by atoms with Crippen molar-refractivity contribution in [2.24, 2.45) is 5.92 Å². The van der Waals surface area contributed by atoms with Crippen LogP contribution in [0.4, 0.5) is 0 Å². The molecule has 1 amide bonds. The van der Waals surface area contributed by atoms with Gasteiger partial charge in [-0.1, -0.05) is 19.1 Å². The second kappa shape index (κ2) is 7.00. The molecule has 124 valence electrons. The number of nitrogens with one attached hydrogen (secondary N) is 2. The van der Waals surface area contributed by atoms with E-state index in [1.807, 2.05) is 24.3 Å². The van der Waals surface area contributed by atoms with Crippen molar-refractivity contribution in [2.45, 2.75) is 26.3 Å². The van der Waals surface area contributed by atoms with Crippen LogP contribution in [0.15, 0.2) is 29.1 Å². The number of imidazole rings is 1. The third-order valence-corrected chi connectivity index (χ3v) is 4.44. The molecular weight excluding hydrogens is 292 g/mol. The van der Waals surface area contributed by atoms with Crippen LogP contribution in [0.5, 0.6) is 0 Å². The van der Waals surface area contributed by atoms with E-state index >= 15 is 0 Å². The number of fused-ring (bicyclic) bond motifs is 1. The summed E-state index contributed by atoms with van der Waals surface area (Å²) in [6.45, 7) is 5.92. The molecule has 1 saturated heterocycles. The molecule has 0 bridgehead atoms. The van der Waals surface area contributed by atoms with Crippen LogP contribution in [0.1, 0.15) is 19.8 Å². The fourth-order valence-electron chi connectivity index (χ4n) is 3.22. The number of hydrogen-bond donors (Lipinski definition) is 2. The van der Waals surface area contributed by atoms with Gasteiger partial charge in [0.15, 0.2) is 0 Å². The van der Waals surface area contributed by atoms with Crippen molar-refractivity contribution in [2.75, 3.05) is 26.2 Å². The molecule has 2 aromatic rings. The minimum atomic E-state index is -0.0939. The number of rotatable bonds is 6. The van der Waals surface area contributed by atoms with Gasteiger partial charge in [-0.3, -0.25) is 14.3 Å². The fraction of sp³-hybridized carbons (Fsp3) is 0.529. The number of carbonyl (C=O) groups excluding carboxylic acids is 1. The van der Waals surface area contributed by atoms with Gasteiger partial charge in [0.2, 0.25) is 5.91 Å². The molecule has 1 unspecified atom stereocenters. The van der Waals surface area contributed by atoms with Crippen molar-refractivity contribution in [3.63, 3.8) is 0 Å². The molecule has 6 nitrogen and oxygen atoms in total. The number of amides is 1. The van der Waals surface area contributed by atoms with Crippen LogP contribution in [0.3, 0.4) is 0 Å². The maximum absolute atomic E-state index is 11.9. The summed E-state index contributed by atoms with van der Waals surface area (Å²) in [5.41, 5.74) is 1.67. The fourth-order valence-corrected chi connectivity index (χ4v) is 3.22. The van der Waals surface area contributed by atoms with Crippen LogP contribution in [0, 0.1) is 5.92 Å². The number of nitrogens with zero attached hydrogens (tertiary/aromatic N) is 2. The van der Waals surface area contributed by atoms with E-state index in [2.05, 4.69) is 22.1 Å². The molecular formula is C17H24N4O2. The predicted molar refractivity (Wildman–Crippen MR) is 90.4 cm³/mol. The Morgan fingerprint density at radius 2 is 2.22 bits per heavy atom. The zero-order valence-corrected chi connectivity index (χ0v) is 13.5. The van der Waals surface area contributed by atoms with Gasteiger partial charge in [0.1, 0.15) is 0 Å². The van der Waals surface area contributed by atoms with Gasteiger partial charge in [-0.25, -0.2) is 4.79 Å². The molecule has 0 radical (unpaired) electrons. The molecule has 0 spiro atoms. The van der Waals surface area contributed by atoms with Crippen LogP contribution in [-0.2, 0) is 11.3 Å². The van der Waals surface area contributed by atoms with Crippen molar-refractivity contribution in [1.29, 1.82) is 0 Å². The lowest BCUT2D eigenvalue weighted by Gasteiger charge is -2.14. The summed E-state index contributed by atoms with van der Waals surface area (Å²) in [6.07, 6.45) is 1.92. The second-order valence-corrected chi connectivity index (χ2v) is 6.43. The lowest BCUT2D eigenvalue weighted by Crippen LogP contribution is -2.36. The van der Waals surface area contributed by atoms with Gasteiger partial charge in [0.05, 0.1) is 17.6 Å². The van der Waals surface area contributed by atoms with Crippen molar-refractivity contribution in [3.05, 3.63) is 34.7 Å². The Balaban J connectivity index is 1.45. The first kappa shape index (κ1) is 15.8. The minimum Gasteiger partial charge on any atom is -0.355 e. The van der Waals surface area contributed by atoms with Crippen molar-refractivity contribution in [3.8, 4) is 0 Å². The van der Waals surface area contributed by atoms with Gasteiger partial charge >= 0.3 is 5.69 Å². The highest BCUT2D eigenvalue weighted by Gasteiger charge is 2.20.